The highest BCUT2D eigenvalue weighted by molar-refractivity contribution is 6.08. The highest BCUT2D eigenvalue weighted by atomic mass is 16.2. The summed E-state index contributed by atoms with van der Waals surface area (Å²) in [6.45, 7) is 2.67. The second kappa shape index (κ2) is 6.18. The fraction of sp³-hybridized carbons (Fsp3) is 0.500. The Morgan fingerprint density at radius 2 is 1.70 bits per heavy atom. The smallest absolute Gasteiger partial charge is 0.322 e. The van der Waals surface area contributed by atoms with Gasteiger partial charge in [-0.3, -0.25) is 19.7 Å². The molecule has 1 aliphatic carbocycles. The van der Waals surface area contributed by atoms with E-state index in [1.54, 1.807) is 11.8 Å². The molecule has 27 heavy (non-hydrogen) atoms. The van der Waals surface area contributed by atoms with Crippen molar-refractivity contribution in [1.82, 2.24) is 15.5 Å². The third-order valence-electron chi connectivity index (χ3n) is 6.48. The standard InChI is InChI=1S/C20H23N3O4/c1-13(24)19(15-5-3-2-4-6-15)7-9-23(10-8-19)16(25)14-11-20(12-14)17(26)21-18(27)22-20/h2-6,14H,7-12H2,1H3,(H2,21,22,26,27). The summed E-state index contributed by atoms with van der Waals surface area (Å²) in [5, 5.41) is 4.88. The molecular formula is C20H23N3O4. The van der Waals surface area contributed by atoms with Crippen molar-refractivity contribution in [2.75, 3.05) is 13.1 Å². The minimum absolute atomic E-state index is 0.0137. The van der Waals surface area contributed by atoms with E-state index in [-0.39, 0.29) is 23.5 Å². The van der Waals surface area contributed by atoms with Gasteiger partial charge in [0.05, 0.1) is 5.41 Å². The Labute approximate surface area is 157 Å². The highest BCUT2D eigenvalue weighted by Crippen LogP contribution is 2.42. The predicted octanol–water partition coefficient (Wildman–Crippen LogP) is 1.12. The summed E-state index contributed by atoms with van der Waals surface area (Å²) >= 11 is 0. The minimum atomic E-state index is -0.902. The molecule has 1 spiro atoms. The molecule has 4 rings (SSSR count). The molecule has 7 heteroatoms. The lowest BCUT2D eigenvalue weighted by Gasteiger charge is -2.46. The molecule has 3 aliphatic rings. The number of amides is 4. The van der Waals surface area contributed by atoms with Crippen molar-refractivity contribution in [2.24, 2.45) is 5.92 Å². The van der Waals surface area contributed by atoms with Crippen molar-refractivity contribution >= 4 is 23.6 Å². The number of likely N-dealkylation sites (tertiary alicyclic amines) is 1. The quantitative estimate of drug-likeness (QED) is 0.781. The molecule has 2 saturated heterocycles. The van der Waals surface area contributed by atoms with Crippen LogP contribution in [0.15, 0.2) is 30.3 Å². The molecule has 7 nitrogen and oxygen atoms in total. The number of imide groups is 1. The summed E-state index contributed by atoms with van der Waals surface area (Å²) in [6.07, 6.45) is 1.90. The summed E-state index contributed by atoms with van der Waals surface area (Å²) in [5.74, 6) is -0.445. The van der Waals surface area contributed by atoms with E-state index >= 15 is 0 Å². The van der Waals surface area contributed by atoms with Crippen molar-refractivity contribution in [2.45, 2.75) is 43.6 Å². The second-order valence-corrected chi connectivity index (χ2v) is 7.93. The van der Waals surface area contributed by atoms with Crippen molar-refractivity contribution in [3.8, 4) is 0 Å². The number of carbonyl (C=O) groups excluding carboxylic acids is 4. The van der Waals surface area contributed by atoms with Crippen LogP contribution in [0.25, 0.3) is 0 Å². The molecule has 1 aromatic carbocycles. The first-order chi connectivity index (χ1) is 12.9. The monoisotopic (exact) mass is 369 g/mol. The summed E-state index contributed by atoms with van der Waals surface area (Å²) < 4.78 is 0. The number of nitrogens with one attached hydrogen (secondary N) is 2. The van der Waals surface area contributed by atoms with Crippen LogP contribution in [0, 0.1) is 5.92 Å². The molecule has 3 fully saturated rings. The first-order valence-electron chi connectivity index (χ1n) is 9.35. The maximum absolute atomic E-state index is 12.8. The van der Waals surface area contributed by atoms with Gasteiger partial charge in [0, 0.05) is 19.0 Å². The Morgan fingerprint density at radius 1 is 1.07 bits per heavy atom. The number of benzene rings is 1. The molecule has 0 bridgehead atoms. The predicted molar refractivity (Wildman–Crippen MR) is 96.7 cm³/mol. The van der Waals surface area contributed by atoms with Crippen molar-refractivity contribution in [3.63, 3.8) is 0 Å². The van der Waals surface area contributed by atoms with E-state index in [9.17, 15) is 19.2 Å². The van der Waals surface area contributed by atoms with Gasteiger partial charge in [-0.15, -0.1) is 0 Å². The molecule has 0 radical (unpaired) electrons. The molecule has 0 atom stereocenters. The van der Waals surface area contributed by atoms with Crippen LogP contribution in [0.5, 0.6) is 0 Å². The summed E-state index contributed by atoms with van der Waals surface area (Å²) in [5.41, 5.74) is -0.420. The SMILES string of the molecule is CC(=O)C1(c2ccccc2)CCN(C(=O)C2CC3(C2)NC(=O)NC3=O)CC1. The van der Waals surface area contributed by atoms with Gasteiger partial charge >= 0.3 is 6.03 Å². The lowest BCUT2D eigenvalue weighted by molar-refractivity contribution is -0.146. The highest BCUT2D eigenvalue weighted by Gasteiger charge is 2.58. The number of hydrogen-bond acceptors (Lipinski definition) is 4. The van der Waals surface area contributed by atoms with E-state index < -0.39 is 17.0 Å². The normalized spacial score (nSPS) is 29.1. The first kappa shape index (κ1) is 17.7. The van der Waals surface area contributed by atoms with Crippen LogP contribution in [0.1, 0.15) is 38.2 Å². The maximum Gasteiger partial charge on any atom is 0.322 e. The second-order valence-electron chi connectivity index (χ2n) is 7.93. The Hall–Kier alpha value is -2.70. The number of hydrogen-bond donors (Lipinski definition) is 2. The van der Waals surface area contributed by atoms with E-state index in [2.05, 4.69) is 10.6 Å². The fourth-order valence-corrected chi connectivity index (χ4v) is 4.74. The van der Waals surface area contributed by atoms with Crippen LogP contribution in [0.4, 0.5) is 4.79 Å². The van der Waals surface area contributed by atoms with Gasteiger partial charge in [0.1, 0.15) is 11.3 Å². The molecule has 1 aromatic rings. The van der Waals surface area contributed by atoms with Gasteiger partial charge < -0.3 is 10.2 Å². The molecule has 0 unspecified atom stereocenters. The average molecular weight is 369 g/mol. The molecule has 2 aliphatic heterocycles. The van der Waals surface area contributed by atoms with Crippen molar-refractivity contribution < 1.29 is 19.2 Å². The number of urea groups is 1. The Bertz CT molecular complexity index is 806. The lowest BCUT2D eigenvalue weighted by Crippen LogP contribution is -2.61. The van der Waals surface area contributed by atoms with Gasteiger partial charge in [-0.05, 0) is 38.2 Å². The number of rotatable bonds is 3. The zero-order valence-corrected chi connectivity index (χ0v) is 15.3. The number of ketones is 1. The average Bonchev–Trinajstić information content (AvgIpc) is 2.94. The third-order valence-corrected chi connectivity index (χ3v) is 6.48. The molecule has 1 saturated carbocycles. The van der Waals surface area contributed by atoms with E-state index in [1.807, 2.05) is 30.3 Å². The lowest BCUT2D eigenvalue weighted by atomic mass is 9.66. The number of Topliss-reactive ketones (excluding diaryl/α,β-unsaturated/α-hetero) is 1. The van der Waals surface area contributed by atoms with E-state index in [4.69, 9.17) is 0 Å². The van der Waals surface area contributed by atoms with Gasteiger partial charge in [0.15, 0.2) is 0 Å². The molecule has 2 heterocycles. The van der Waals surface area contributed by atoms with Crippen LogP contribution < -0.4 is 10.6 Å². The van der Waals surface area contributed by atoms with Crippen LogP contribution in [-0.2, 0) is 19.8 Å². The fourth-order valence-electron chi connectivity index (χ4n) is 4.74. The van der Waals surface area contributed by atoms with E-state index in [0.29, 0.717) is 38.8 Å². The van der Waals surface area contributed by atoms with Crippen molar-refractivity contribution in [1.29, 1.82) is 0 Å². The summed E-state index contributed by atoms with van der Waals surface area (Å²) in [6, 6.07) is 9.28. The van der Waals surface area contributed by atoms with Crippen LogP contribution in [0.2, 0.25) is 0 Å². The number of piperidine rings is 1. The molecular weight excluding hydrogens is 346 g/mol. The number of carbonyl (C=O) groups is 4. The summed E-state index contributed by atoms with van der Waals surface area (Å²) in [4.78, 5) is 50.3. The largest absolute Gasteiger partial charge is 0.342 e. The Kier molecular flexibility index (Phi) is 4.05. The zero-order valence-electron chi connectivity index (χ0n) is 15.3. The maximum atomic E-state index is 12.8. The zero-order chi connectivity index (χ0) is 19.2. The Balaban J connectivity index is 1.41. The van der Waals surface area contributed by atoms with Gasteiger partial charge in [-0.1, -0.05) is 30.3 Å². The molecule has 0 aromatic heterocycles. The Morgan fingerprint density at radius 3 is 2.22 bits per heavy atom. The molecule has 2 N–H and O–H groups in total. The van der Waals surface area contributed by atoms with Crippen LogP contribution >= 0.6 is 0 Å². The first-order valence-corrected chi connectivity index (χ1v) is 9.35. The van der Waals surface area contributed by atoms with Gasteiger partial charge in [0.2, 0.25) is 5.91 Å². The van der Waals surface area contributed by atoms with Gasteiger partial charge in [0.25, 0.3) is 5.91 Å². The van der Waals surface area contributed by atoms with Gasteiger partial charge in [-0.2, -0.15) is 0 Å². The van der Waals surface area contributed by atoms with Crippen molar-refractivity contribution in [3.05, 3.63) is 35.9 Å². The summed E-state index contributed by atoms with van der Waals surface area (Å²) in [7, 11) is 0. The third kappa shape index (κ3) is 2.72. The molecule has 4 amide bonds. The number of nitrogens with zero attached hydrogens (tertiary/aromatic N) is 1. The van der Waals surface area contributed by atoms with E-state index in [0.717, 1.165) is 5.56 Å². The van der Waals surface area contributed by atoms with Gasteiger partial charge in [-0.25, -0.2) is 4.79 Å². The molecule has 142 valence electrons. The minimum Gasteiger partial charge on any atom is -0.342 e. The van der Waals surface area contributed by atoms with Crippen LogP contribution in [-0.4, -0.2) is 47.2 Å². The van der Waals surface area contributed by atoms with E-state index in [1.165, 1.54) is 0 Å². The van der Waals surface area contributed by atoms with Crippen LogP contribution in [0.3, 0.4) is 0 Å². The topological polar surface area (TPSA) is 95.6 Å².